The molecule has 0 bridgehead atoms. The molecule has 1 rings (SSSR count). The van der Waals surface area contributed by atoms with Gasteiger partial charge in [-0.2, -0.15) is 0 Å². The van der Waals surface area contributed by atoms with Gasteiger partial charge in [-0.25, -0.2) is 4.79 Å². The van der Waals surface area contributed by atoms with Gasteiger partial charge in [-0.1, -0.05) is 13.8 Å². The summed E-state index contributed by atoms with van der Waals surface area (Å²) >= 11 is 0. The van der Waals surface area contributed by atoms with E-state index >= 15 is 0 Å². The molecule has 0 fully saturated rings. The third-order valence-electron chi connectivity index (χ3n) is 2.09. The lowest BCUT2D eigenvalue weighted by atomic mass is 10.2. The smallest absolute Gasteiger partial charge is 0.338 e. The van der Waals surface area contributed by atoms with E-state index in [0.29, 0.717) is 36.1 Å². The Balaban J connectivity index is 2.75. The molecule has 1 aromatic carbocycles. The van der Waals surface area contributed by atoms with E-state index in [-0.39, 0.29) is 5.97 Å². The molecule has 4 nitrogen and oxygen atoms in total. The molecular formula is C13H19NO3. The van der Waals surface area contributed by atoms with Crippen LogP contribution in [0.1, 0.15) is 31.1 Å². The molecule has 17 heavy (non-hydrogen) atoms. The Morgan fingerprint density at radius 2 is 2.12 bits per heavy atom. The zero-order valence-corrected chi connectivity index (χ0v) is 10.5. The first kappa shape index (κ1) is 13.4. The highest BCUT2D eigenvalue weighted by molar-refractivity contribution is 5.91. The van der Waals surface area contributed by atoms with Crippen LogP contribution in [0, 0.1) is 5.92 Å². The van der Waals surface area contributed by atoms with Crippen molar-refractivity contribution in [2.75, 3.05) is 18.9 Å². The number of carbonyl (C=O) groups excluding carboxylic acids is 1. The van der Waals surface area contributed by atoms with Crippen molar-refractivity contribution < 1.29 is 14.3 Å². The third-order valence-corrected chi connectivity index (χ3v) is 2.09. The summed E-state index contributed by atoms with van der Waals surface area (Å²) in [6.07, 6.45) is 0. The number of hydrogen-bond acceptors (Lipinski definition) is 4. The summed E-state index contributed by atoms with van der Waals surface area (Å²) < 4.78 is 10.4. The van der Waals surface area contributed by atoms with Crippen LogP contribution in [-0.2, 0) is 4.74 Å². The van der Waals surface area contributed by atoms with E-state index in [9.17, 15) is 4.79 Å². The first-order valence-electron chi connectivity index (χ1n) is 5.74. The Hall–Kier alpha value is -1.71. The molecule has 94 valence electrons. The molecule has 2 N–H and O–H groups in total. The predicted octanol–water partition coefficient (Wildman–Crippen LogP) is 2.48. The molecule has 0 atom stereocenters. The average Bonchev–Trinajstić information content (AvgIpc) is 2.27. The van der Waals surface area contributed by atoms with Crippen LogP contribution in [0.5, 0.6) is 5.75 Å². The fourth-order valence-electron chi connectivity index (χ4n) is 1.28. The quantitative estimate of drug-likeness (QED) is 0.631. The molecule has 0 radical (unpaired) electrons. The summed E-state index contributed by atoms with van der Waals surface area (Å²) in [7, 11) is 0. The van der Waals surface area contributed by atoms with Gasteiger partial charge in [0.15, 0.2) is 0 Å². The highest BCUT2D eigenvalue weighted by atomic mass is 16.5. The van der Waals surface area contributed by atoms with Crippen LogP contribution in [0.2, 0.25) is 0 Å². The van der Waals surface area contributed by atoms with Crippen molar-refractivity contribution in [2.24, 2.45) is 5.92 Å². The highest BCUT2D eigenvalue weighted by Gasteiger charge is 2.09. The standard InChI is InChI=1S/C13H19NO3/c1-4-16-13(15)10-5-6-12(11(14)7-10)17-8-9(2)3/h5-7,9H,4,8,14H2,1-3H3. The minimum atomic E-state index is -0.366. The van der Waals surface area contributed by atoms with Gasteiger partial charge in [0.05, 0.1) is 24.5 Å². The van der Waals surface area contributed by atoms with E-state index < -0.39 is 0 Å². The Kier molecular flexibility index (Phi) is 4.82. The maximum Gasteiger partial charge on any atom is 0.338 e. The van der Waals surface area contributed by atoms with Crippen molar-refractivity contribution >= 4 is 11.7 Å². The molecule has 0 heterocycles. The molecule has 0 amide bonds. The van der Waals surface area contributed by atoms with Crippen molar-refractivity contribution in [3.8, 4) is 5.75 Å². The summed E-state index contributed by atoms with van der Waals surface area (Å²) in [5.41, 5.74) is 6.71. The molecule has 0 aliphatic heterocycles. The number of nitrogen functional groups attached to an aromatic ring is 1. The van der Waals surface area contributed by atoms with Gasteiger partial charge in [0.1, 0.15) is 5.75 Å². The monoisotopic (exact) mass is 237 g/mol. The summed E-state index contributed by atoms with van der Waals surface area (Å²) in [5.74, 6) is 0.667. The van der Waals surface area contributed by atoms with E-state index in [0.717, 1.165) is 0 Å². The van der Waals surface area contributed by atoms with E-state index in [4.69, 9.17) is 15.2 Å². The maximum atomic E-state index is 11.5. The Bertz CT molecular complexity index is 388. The zero-order valence-electron chi connectivity index (χ0n) is 10.5. The van der Waals surface area contributed by atoms with Crippen molar-refractivity contribution in [2.45, 2.75) is 20.8 Å². The van der Waals surface area contributed by atoms with Gasteiger partial charge < -0.3 is 15.2 Å². The highest BCUT2D eigenvalue weighted by Crippen LogP contribution is 2.23. The second-order valence-corrected chi connectivity index (χ2v) is 4.18. The normalized spacial score (nSPS) is 10.4. The van der Waals surface area contributed by atoms with Crippen LogP contribution in [0.3, 0.4) is 0 Å². The summed E-state index contributed by atoms with van der Waals surface area (Å²) in [5, 5.41) is 0. The first-order chi connectivity index (χ1) is 8.04. The molecule has 0 aliphatic rings. The van der Waals surface area contributed by atoms with Crippen LogP contribution >= 0.6 is 0 Å². The number of rotatable bonds is 5. The van der Waals surface area contributed by atoms with Crippen LogP contribution < -0.4 is 10.5 Å². The number of esters is 1. The van der Waals surface area contributed by atoms with Crippen molar-refractivity contribution in [1.29, 1.82) is 0 Å². The molecule has 0 aliphatic carbocycles. The first-order valence-corrected chi connectivity index (χ1v) is 5.74. The molecule has 0 spiro atoms. The molecule has 0 aromatic heterocycles. The summed E-state index contributed by atoms with van der Waals surface area (Å²) in [4.78, 5) is 11.5. The van der Waals surface area contributed by atoms with Crippen molar-refractivity contribution in [1.82, 2.24) is 0 Å². The van der Waals surface area contributed by atoms with E-state index in [2.05, 4.69) is 13.8 Å². The molecule has 0 saturated carbocycles. The molecule has 0 saturated heterocycles. The third kappa shape index (κ3) is 3.98. The van der Waals surface area contributed by atoms with Gasteiger partial charge in [0.25, 0.3) is 0 Å². The minimum absolute atomic E-state index is 0.352. The van der Waals surface area contributed by atoms with Crippen LogP contribution in [-0.4, -0.2) is 19.2 Å². The van der Waals surface area contributed by atoms with Gasteiger partial charge in [0.2, 0.25) is 0 Å². The van der Waals surface area contributed by atoms with Gasteiger partial charge in [-0.15, -0.1) is 0 Å². The van der Waals surface area contributed by atoms with Crippen LogP contribution in [0.15, 0.2) is 18.2 Å². The van der Waals surface area contributed by atoms with E-state index in [1.54, 1.807) is 25.1 Å². The van der Waals surface area contributed by atoms with E-state index in [1.165, 1.54) is 0 Å². The average molecular weight is 237 g/mol. The second kappa shape index (κ2) is 6.13. The van der Waals surface area contributed by atoms with E-state index in [1.807, 2.05) is 0 Å². The number of nitrogens with two attached hydrogens (primary N) is 1. The Morgan fingerprint density at radius 1 is 1.41 bits per heavy atom. The largest absolute Gasteiger partial charge is 0.491 e. The molecule has 1 aromatic rings. The number of anilines is 1. The fourth-order valence-corrected chi connectivity index (χ4v) is 1.28. The number of hydrogen-bond donors (Lipinski definition) is 1. The second-order valence-electron chi connectivity index (χ2n) is 4.18. The van der Waals surface area contributed by atoms with Gasteiger partial charge in [-0.05, 0) is 31.0 Å². The van der Waals surface area contributed by atoms with Crippen LogP contribution in [0.25, 0.3) is 0 Å². The Labute approximate surface area is 102 Å². The SMILES string of the molecule is CCOC(=O)c1ccc(OCC(C)C)c(N)c1. The molecular weight excluding hydrogens is 218 g/mol. The zero-order chi connectivity index (χ0) is 12.8. The number of ether oxygens (including phenoxy) is 2. The van der Waals surface area contributed by atoms with Crippen LogP contribution in [0.4, 0.5) is 5.69 Å². The lowest BCUT2D eigenvalue weighted by Gasteiger charge is -2.11. The Morgan fingerprint density at radius 3 is 2.65 bits per heavy atom. The summed E-state index contributed by atoms with van der Waals surface area (Å²) in [6.45, 7) is 6.83. The predicted molar refractivity (Wildman–Crippen MR) is 67.1 cm³/mol. The van der Waals surface area contributed by atoms with Gasteiger partial charge in [-0.3, -0.25) is 0 Å². The molecule has 0 unspecified atom stereocenters. The lowest BCUT2D eigenvalue weighted by molar-refractivity contribution is 0.0526. The summed E-state index contributed by atoms with van der Waals surface area (Å²) in [6, 6.07) is 4.93. The lowest BCUT2D eigenvalue weighted by Crippen LogP contribution is -2.08. The minimum Gasteiger partial charge on any atom is -0.491 e. The van der Waals surface area contributed by atoms with Crippen molar-refractivity contribution in [3.63, 3.8) is 0 Å². The van der Waals surface area contributed by atoms with Crippen molar-refractivity contribution in [3.05, 3.63) is 23.8 Å². The number of benzene rings is 1. The molecule has 4 heteroatoms. The maximum absolute atomic E-state index is 11.5. The number of carbonyl (C=O) groups is 1. The van der Waals surface area contributed by atoms with Gasteiger partial charge in [0, 0.05) is 0 Å². The topological polar surface area (TPSA) is 61.5 Å². The van der Waals surface area contributed by atoms with Gasteiger partial charge >= 0.3 is 5.97 Å². The fraction of sp³-hybridized carbons (Fsp3) is 0.462.